The van der Waals surface area contributed by atoms with Crippen LogP contribution in [0.1, 0.15) is 79.3 Å². The van der Waals surface area contributed by atoms with E-state index in [2.05, 4.69) is 15.6 Å². The minimum Gasteiger partial charge on any atom is -0.349 e. The van der Waals surface area contributed by atoms with Crippen molar-refractivity contribution in [3.05, 3.63) is 114 Å². The van der Waals surface area contributed by atoms with E-state index in [1.165, 1.54) is 0 Å². The summed E-state index contributed by atoms with van der Waals surface area (Å²) in [5.74, 6) is -0.179. The van der Waals surface area contributed by atoms with Crippen molar-refractivity contribution >= 4 is 11.8 Å². The SMILES string of the molecule is O=C(NC1CCCC(CCCCC2(C(=O)NCC(F)(F)F)c3ccccc3-c3ccccc32)CC1)c1ccccc1-c1ccccn1. The summed E-state index contributed by atoms with van der Waals surface area (Å²) in [6.07, 6.45) is 5.13. The van der Waals surface area contributed by atoms with E-state index in [1.807, 2.05) is 91.0 Å². The third-order valence-corrected chi connectivity index (χ3v) is 9.85. The van der Waals surface area contributed by atoms with Crippen LogP contribution in [0.15, 0.2) is 97.2 Å². The molecule has 2 N–H and O–H groups in total. The van der Waals surface area contributed by atoms with E-state index in [0.717, 1.165) is 78.5 Å². The molecule has 2 unspecified atom stereocenters. The molecule has 1 heterocycles. The van der Waals surface area contributed by atoms with Crippen molar-refractivity contribution in [2.75, 3.05) is 6.54 Å². The quantitative estimate of drug-likeness (QED) is 0.135. The standard InChI is InChI=1S/C39H40F3N3O2/c40-39(41,42)26-44-37(47)38(33-19-5-3-15-29(33)30-16-4-6-20-34(30)38)24-9-7-12-27-13-11-14-28(23-22-27)45-36(46)32-18-2-1-17-31(32)35-21-8-10-25-43-35/h1-6,8,10,15-21,25,27-28H,7,9,11-14,22-24,26H2,(H,44,47)(H,45,46). The van der Waals surface area contributed by atoms with Crippen LogP contribution in [0.5, 0.6) is 0 Å². The smallest absolute Gasteiger partial charge is 0.349 e. The molecule has 1 aromatic heterocycles. The van der Waals surface area contributed by atoms with Crippen molar-refractivity contribution in [1.82, 2.24) is 15.6 Å². The van der Waals surface area contributed by atoms with Crippen LogP contribution in [0.25, 0.3) is 22.4 Å². The summed E-state index contributed by atoms with van der Waals surface area (Å²) in [4.78, 5) is 31.6. The van der Waals surface area contributed by atoms with Gasteiger partial charge in [0.2, 0.25) is 5.91 Å². The molecule has 1 saturated carbocycles. The number of fused-ring (bicyclic) bond motifs is 3. The first-order chi connectivity index (χ1) is 22.8. The summed E-state index contributed by atoms with van der Waals surface area (Å²) in [6.45, 7) is -1.35. The Morgan fingerprint density at radius 1 is 0.766 bits per heavy atom. The number of hydrogen-bond donors (Lipinski definition) is 2. The molecule has 2 atom stereocenters. The van der Waals surface area contributed by atoms with Gasteiger partial charge in [-0.05, 0) is 72.1 Å². The molecule has 2 aliphatic carbocycles. The fourth-order valence-electron chi connectivity index (χ4n) is 7.61. The molecule has 0 aliphatic heterocycles. The number of nitrogens with one attached hydrogen (secondary N) is 2. The average molecular weight is 640 g/mol. The van der Waals surface area contributed by atoms with Crippen molar-refractivity contribution in [2.45, 2.75) is 75.4 Å². The van der Waals surface area contributed by atoms with Crippen molar-refractivity contribution in [1.29, 1.82) is 0 Å². The second-order valence-corrected chi connectivity index (χ2v) is 12.8. The number of alkyl halides is 3. The van der Waals surface area contributed by atoms with Gasteiger partial charge < -0.3 is 10.6 Å². The third kappa shape index (κ3) is 7.11. The highest BCUT2D eigenvalue weighted by Gasteiger charge is 2.49. The van der Waals surface area contributed by atoms with Gasteiger partial charge in [-0.15, -0.1) is 0 Å². The molecule has 0 bridgehead atoms. The van der Waals surface area contributed by atoms with E-state index in [1.54, 1.807) is 6.20 Å². The molecule has 244 valence electrons. The van der Waals surface area contributed by atoms with Crippen LogP contribution in [-0.2, 0) is 10.2 Å². The molecule has 6 rings (SSSR count). The molecule has 4 aromatic rings. The van der Waals surface area contributed by atoms with E-state index in [4.69, 9.17) is 0 Å². The Bertz CT molecular complexity index is 1660. The second-order valence-electron chi connectivity index (χ2n) is 12.8. The largest absolute Gasteiger partial charge is 0.405 e. The van der Waals surface area contributed by atoms with Gasteiger partial charge in [0, 0.05) is 23.4 Å². The summed E-state index contributed by atoms with van der Waals surface area (Å²) in [7, 11) is 0. The lowest BCUT2D eigenvalue weighted by Crippen LogP contribution is -2.47. The van der Waals surface area contributed by atoms with Gasteiger partial charge >= 0.3 is 6.18 Å². The molecule has 0 spiro atoms. The highest BCUT2D eigenvalue weighted by atomic mass is 19.4. The number of benzene rings is 3. The first-order valence-corrected chi connectivity index (χ1v) is 16.6. The highest BCUT2D eigenvalue weighted by molar-refractivity contribution is 6.01. The molecule has 47 heavy (non-hydrogen) atoms. The van der Waals surface area contributed by atoms with Gasteiger partial charge in [-0.3, -0.25) is 14.6 Å². The lowest BCUT2D eigenvalue weighted by molar-refractivity contribution is -0.141. The van der Waals surface area contributed by atoms with Gasteiger partial charge in [0.05, 0.1) is 5.69 Å². The minimum absolute atomic E-state index is 0.0825. The van der Waals surface area contributed by atoms with Crippen LogP contribution < -0.4 is 10.6 Å². The number of halogens is 3. The number of rotatable bonds is 10. The number of amides is 2. The van der Waals surface area contributed by atoms with Crippen LogP contribution >= 0.6 is 0 Å². The molecule has 0 saturated heterocycles. The number of carbonyl (C=O) groups is 2. The van der Waals surface area contributed by atoms with Crippen LogP contribution in [0.3, 0.4) is 0 Å². The molecule has 3 aromatic carbocycles. The summed E-state index contributed by atoms with van der Waals surface area (Å²) in [5.41, 5.74) is 4.41. The van der Waals surface area contributed by atoms with Crippen LogP contribution in [0, 0.1) is 5.92 Å². The maximum atomic E-state index is 13.8. The van der Waals surface area contributed by atoms with Crippen LogP contribution in [-0.4, -0.2) is 35.6 Å². The van der Waals surface area contributed by atoms with Gasteiger partial charge in [-0.2, -0.15) is 13.2 Å². The fourth-order valence-corrected chi connectivity index (χ4v) is 7.61. The Morgan fingerprint density at radius 3 is 2.11 bits per heavy atom. The molecule has 2 aliphatic rings. The van der Waals surface area contributed by atoms with Crippen LogP contribution in [0.2, 0.25) is 0 Å². The predicted octanol–water partition coefficient (Wildman–Crippen LogP) is 8.63. The average Bonchev–Trinajstić information content (AvgIpc) is 3.19. The summed E-state index contributed by atoms with van der Waals surface area (Å²) >= 11 is 0. The Morgan fingerprint density at radius 2 is 1.43 bits per heavy atom. The number of pyridine rings is 1. The molecule has 1 fully saturated rings. The van der Waals surface area contributed by atoms with Gasteiger partial charge in [0.15, 0.2) is 0 Å². The zero-order chi connectivity index (χ0) is 32.9. The van der Waals surface area contributed by atoms with Crippen LogP contribution in [0.4, 0.5) is 13.2 Å². The molecule has 8 heteroatoms. The second kappa shape index (κ2) is 14.1. The first-order valence-electron chi connectivity index (χ1n) is 16.6. The van der Waals surface area contributed by atoms with Gasteiger partial charge in [-0.25, -0.2) is 0 Å². The van der Waals surface area contributed by atoms with Crippen molar-refractivity contribution in [3.8, 4) is 22.4 Å². The van der Waals surface area contributed by atoms with Gasteiger partial charge in [0.1, 0.15) is 12.0 Å². The summed E-state index contributed by atoms with van der Waals surface area (Å²) in [5, 5.41) is 5.51. The van der Waals surface area contributed by atoms with Crippen molar-refractivity contribution < 1.29 is 22.8 Å². The van der Waals surface area contributed by atoms with Crippen molar-refractivity contribution in [2.24, 2.45) is 5.92 Å². The van der Waals surface area contributed by atoms with E-state index in [-0.39, 0.29) is 11.9 Å². The summed E-state index contributed by atoms with van der Waals surface area (Å²) in [6, 6.07) is 28.5. The molecule has 0 radical (unpaired) electrons. The van der Waals surface area contributed by atoms with E-state index >= 15 is 0 Å². The molecule has 2 amide bonds. The Hall–Kier alpha value is -4.46. The number of nitrogens with zero attached hydrogens (tertiary/aromatic N) is 1. The topological polar surface area (TPSA) is 71.1 Å². The van der Waals surface area contributed by atoms with E-state index in [9.17, 15) is 22.8 Å². The summed E-state index contributed by atoms with van der Waals surface area (Å²) < 4.78 is 39.6. The third-order valence-electron chi connectivity index (χ3n) is 9.85. The normalized spacial score (nSPS) is 18.4. The van der Waals surface area contributed by atoms with E-state index < -0.39 is 24.0 Å². The number of carbonyl (C=O) groups excluding carboxylic acids is 2. The number of hydrogen-bond acceptors (Lipinski definition) is 3. The highest BCUT2D eigenvalue weighted by Crippen LogP contribution is 2.51. The number of unbranched alkanes of at least 4 members (excludes halogenated alkanes) is 1. The minimum atomic E-state index is -4.49. The lowest BCUT2D eigenvalue weighted by Gasteiger charge is -2.31. The first kappa shape index (κ1) is 32.5. The van der Waals surface area contributed by atoms with Crippen molar-refractivity contribution in [3.63, 3.8) is 0 Å². The maximum absolute atomic E-state index is 13.8. The Balaban J connectivity index is 1.08. The predicted molar refractivity (Wildman–Crippen MR) is 178 cm³/mol. The monoisotopic (exact) mass is 639 g/mol. The molecule has 5 nitrogen and oxygen atoms in total. The number of aromatic nitrogens is 1. The Labute approximate surface area is 274 Å². The lowest BCUT2D eigenvalue weighted by atomic mass is 9.73. The fraction of sp³-hybridized carbons (Fsp3) is 0.359. The Kier molecular flexibility index (Phi) is 9.76. The molecular weight excluding hydrogens is 599 g/mol. The van der Waals surface area contributed by atoms with Gasteiger partial charge in [-0.1, -0.05) is 105 Å². The van der Waals surface area contributed by atoms with Gasteiger partial charge in [0.25, 0.3) is 5.91 Å². The van der Waals surface area contributed by atoms with E-state index in [0.29, 0.717) is 24.3 Å². The zero-order valence-corrected chi connectivity index (χ0v) is 26.4. The maximum Gasteiger partial charge on any atom is 0.405 e. The zero-order valence-electron chi connectivity index (χ0n) is 26.4. The molecular formula is C39H40F3N3O2.